The molecule has 0 radical (unpaired) electrons. The lowest BCUT2D eigenvalue weighted by atomic mass is 10.0. The molecule has 0 saturated heterocycles. The molecule has 6 nitrogen and oxygen atoms in total. The lowest BCUT2D eigenvalue weighted by molar-refractivity contribution is 0.0689. The van der Waals surface area contributed by atoms with Crippen molar-refractivity contribution in [3.05, 3.63) is 35.5 Å². The Balaban J connectivity index is 2.17. The van der Waals surface area contributed by atoms with Crippen LogP contribution in [-0.4, -0.2) is 26.0 Å². The van der Waals surface area contributed by atoms with Crippen molar-refractivity contribution in [3.63, 3.8) is 0 Å². The molecule has 0 aliphatic rings. The van der Waals surface area contributed by atoms with E-state index in [1.165, 1.54) is 0 Å². The third-order valence-electron chi connectivity index (χ3n) is 4.32. The van der Waals surface area contributed by atoms with Gasteiger partial charge in [0.1, 0.15) is 5.52 Å². The Bertz CT molecular complexity index is 1090. The normalized spacial score (nSPS) is 11.8. The number of hydrogen-bond donors (Lipinski definition) is 2. The number of aromatic carboxylic acids is 1. The van der Waals surface area contributed by atoms with Gasteiger partial charge in [-0.2, -0.15) is 0 Å². The summed E-state index contributed by atoms with van der Waals surface area (Å²) in [6.45, 7) is 4.02. The first-order chi connectivity index (χ1) is 11.6. The number of carboxylic acids is 1. The molecule has 2 N–H and O–H groups in total. The van der Waals surface area contributed by atoms with Gasteiger partial charge in [-0.1, -0.05) is 13.8 Å². The second-order valence-electron chi connectivity index (χ2n) is 5.85. The average molecular weight is 323 g/mol. The average Bonchev–Trinajstić information content (AvgIpc) is 3.13. The Morgan fingerprint density at radius 1 is 1.25 bits per heavy atom. The molecular formula is C18H17N3O3. The number of oxazole rings is 1. The third-order valence-corrected chi connectivity index (χ3v) is 4.32. The Morgan fingerprint density at radius 2 is 2.08 bits per heavy atom. The highest BCUT2D eigenvalue weighted by atomic mass is 16.4. The molecule has 0 aliphatic carbocycles. The molecule has 0 unspecified atom stereocenters. The van der Waals surface area contributed by atoms with E-state index in [-0.39, 0.29) is 5.69 Å². The molecule has 0 bridgehead atoms. The van der Waals surface area contributed by atoms with Crippen LogP contribution in [0.5, 0.6) is 0 Å². The zero-order chi connectivity index (χ0) is 16.8. The second kappa shape index (κ2) is 5.33. The number of fused-ring (bicyclic) bond motifs is 5. The van der Waals surface area contributed by atoms with E-state index in [1.807, 2.05) is 19.1 Å². The van der Waals surface area contributed by atoms with Gasteiger partial charge in [-0.05, 0) is 30.5 Å². The van der Waals surface area contributed by atoms with Crippen molar-refractivity contribution in [3.8, 4) is 0 Å². The number of hydrogen-bond acceptors (Lipinski definition) is 4. The molecular weight excluding hydrogens is 306 g/mol. The molecule has 6 heteroatoms. The number of aromatic nitrogens is 3. The number of rotatable bonds is 4. The van der Waals surface area contributed by atoms with Gasteiger partial charge in [0.25, 0.3) is 0 Å². The molecule has 0 saturated carbocycles. The van der Waals surface area contributed by atoms with Crippen LogP contribution in [0.25, 0.3) is 32.9 Å². The summed E-state index contributed by atoms with van der Waals surface area (Å²) >= 11 is 0. The number of H-pyrrole nitrogens is 1. The molecule has 1 aromatic carbocycles. The third kappa shape index (κ3) is 1.99. The van der Waals surface area contributed by atoms with Crippen molar-refractivity contribution in [2.24, 2.45) is 0 Å². The van der Waals surface area contributed by atoms with Gasteiger partial charge >= 0.3 is 5.97 Å². The van der Waals surface area contributed by atoms with Crippen LogP contribution < -0.4 is 0 Å². The van der Waals surface area contributed by atoms with Crippen molar-refractivity contribution >= 4 is 38.9 Å². The van der Waals surface area contributed by atoms with Crippen LogP contribution in [0, 0.1) is 0 Å². The summed E-state index contributed by atoms with van der Waals surface area (Å²) in [5.74, 6) is -0.304. The smallest absolute Gasteiger partial charge is 0.354 e. The predicted octanol–water partition coefficient (Wildman–Crippen LogP) is 4.07. The van der Waals surface area contributed by atoms with Crippen LogP contribution in [0.4, 0.5) is 0 Å². The summed E-state index contributed by atoms with van der Waals surface area (Å²) in [5.41, 5.74) is 4.05. The molecule has 0 atom stereocenters. The first kappa shape index (κ1) is 14.7. The van der Waals surface area contributed by atoms with E-state index >= 15 is 0 Å². The van der Waals surface area contributed by atoms with Crippen LogP contribution in [0.2, 0.25) is 0 Å². The van der Waals surface area contributed by atoms with E-state index in [0.29, 0.717) is 12.3 Å². The highest BCUT2D eigenvalue weighted by Gasteiger charge is 2.20. The molecule has 3 heterocycles. The van der Waals surface area contributed by atoms with Crippen LogP contribution in [-0.2, 0) is 12.8 Å². The van der Waals surface area contributed by atoms with Gasteiger partial charge in [0.15, 0.2) is 17.2 Å². The van der Waals surface area contributed by atoms with Crippen LogP contribution in [0.15, 0.2) is 22.7 Å². The highest BCUT2D eigenvalue weighted by molar-refractivity contribution is 6.20. The summed E-state index contributed by atoms with van der Waals surface area (Å²) in [5, 5.41) is 11.2. The first-order valence-electron chi connectivity index (χ1n) is 8.09. The maximum Gasteiger partial charge on any atom is 0.354 e. The Hall–Kier alpha value is -2.89. The maximum atomic E-state index is 11.5. The minimum atomic E-state index is -1.01. The summed E-state index contributed by atoms with van der Waals surface area (Å²) in [7, 11) is 0. The van der Waals surface area contributed by atoms with Gasteiger partial charge in [-0.15, -0.1) is 0 Å². The molecule has 0 fully saturated rings. The zero-order valence-corrected chi connectivity index (χ0v) is 13.5. The van der Waals surface area contributed by atoms with Gasteiger partial charge in [0, 0.05) is 22.7 Å². The Kier molecular flexibility index (Phi) is 3.26. The van der Waals surface area contributed by atoms with Crippen molar-refractivity contribution in [1.29, 1.82) is 0 Å². The number of aryl methyl sites for hydroxylation is 2. The molecule has 24 heavy (non-hydrogen) atoms. The molecule has 122 valence electrons. The van der Waals surface area contributed by atoms with Gasteiger partial charge in [0.05, 0.1) is 11.7 Å². The van der Waals surface area contributed by atoms with Crippen LogP contribution in [0.3, 0.4) is 0 Å². The van der Waals surface area contributed by atoms with Gasteiger partial charge in [0.2, 0.25) is 0 Å². The largest absolute Gasteiger partial charge is 0.477 e. The standard InChI is InChI=1S/C18H17N3O3/c1-3-5-13-21-17-12(24-13)7-6-10-15(17)14-9(4-2)16(18(22)23)19-8-11(14)20-10/h6-8,20H,3-5H2,1-2H3,(H,22,23). The molecule has 0 amide bonds. The van der Waals surface area contributed by atoms with E-state index in [2.05, 4.69) is 21.9 Å². The van der Waals surface area contributed by atoms with Crippen molar-refractivity contribution in [2.45, 2.75) is 33.1 Å². The monoisotopic (exact) mass is 323 g/mol. The topological polar surface area (TPSA) is 92.0 Å². The lowest BCUT2D eigenvalue weighted by Gasteiger charge is -2.04. The fraction of sp³-hybridized carbons (Fsp3) is 0.278. The van der Waals surface area contributed by atoms with Gasteiger partial charge in [-0.3, -0.25) is 0 Å². The molecule has 4 rings (SSSR count). The Labute approximate surface area is 137 Å². The van der Waals surface area contributed by atoms with Crippen molar-refractivity contribution in [2.75, 3.05) is 0 Å². The fourth-order valence-corrected chi connectivity index (χ4v) is 3.32. The lowest BCUT2D eigenvalue weighted by Crippen LogP contribution is -2.05. The van der Waals surface area contributed by atoms with Gasteiger partial charge in [-0.25, -0.2) is 14.8 Å². The van der Waals surface area contributed by atoms with Crippen LogP contribution in [0.1, 0.15) is 42.2 Å². The summed E-state index contributed by atoms with van der Waals surface area (Å²) in [6, 6.07) is 3.84. The SMILES string of the molecule is CCCc1nc2c(ccc3[nH]c4cnc(C(=O)O)c(CC)c4c32)o1. The quantitative estimate of drug-likeness (QED) is 0.590. The van der Waals surface area contributed by atoms with E-state index in [4.69, 9.17) is 4.42 Å². The van der Waals surface area contributed by atoms with Crippen LogP contribution >= 0.6 is 0 Å². The van der Waals surface area contributed by atoms with Crippen molar-refractivity contribution in [1.82, 2.24) is 15.0 Å². The number of pyridine rings is 1. The summed E-state index contributed by atoms with van der Waals surface area (Å²) in [4.78, 5) is 23.6. The zero-order valence-electron chi connectivity index (χ0n) is 13.5. The van der Waals surface area contributed by atoms with E-state index in [0.717, 1.165) is 51.3 Å². The molecule has 4 aromatic rings. The number of nitrogens with zero attached hydrogens (tertiary/aromatic N) is 2. The Morgan fingerprint density at radius 3 is 2.79 bits per heavy atom. The summed E-state index contributed by atoms with van der Waals surface area (Å²) < 4.78 is 5.83. The first-order valence-corrected chi connectivity index (χ1v) is 8.09. The summed E-state index contributed by atoms with van der Waals surface area (Å²) in [6.07, 6.45) is 3.89. The number of nitrogens with one attached hydrogen (secondary N) is 1. The van der Waals surface area contributed by atoms with E-state index in [9.17, 15) is 9.90 Å². The van der Waals surface area contributed by atoms with Gasteiger partial charge < -0.3 is 14.5 Å². The second-order valence-corrected chi connectivity index (χ2v) is 5.85. The number of carbonyl (C=O) groups is 1. The minimum Gasteiger partial charge on any atom is -0.477 e. The number of aromatic amines is 1. The van der Waals surface area contributed by atoms with E-state index in [1.54, 1.807) is 6.20 Å². The molecule has 3 aromatic heterocycles. The van der Waals surface area contributed by atoms with E-state index < -0.39 is 5.97 Å². The van der Waals surface area contributed by atoms with Crippen molar-refractivity contribution < 1.29 is 14.3 Å². The minimum absolute atomic E-state index is 0.0974. The highest BCUT2D eigenvalue weighted by Crippen LogP contribution is 2.35. The molecule has 0 spiro atoms. The maximum absolute atomic E-state index is 11.5. The number of carboxylic acid groups (broad SMARTS) is 1. The predicted molar refractivity (Wildman–Crippen MR) is 91.5 cm³/mol. The number of benzene rings is 1. The fourth-order valence-electron chi connectivity index (χ4n) is 3.32. The molecule has 0 aliphatic heterocycles.